The summed E-state index contributed by atoms with van der Waals surface area (Å²) >= 11 is 1.26. The Bertz CT molecular complexity index is 553. The summed E-state index contributed by atoms with van der Waals surface area (Å²) in [6, 6.07) is 2.10. The number of aliphatic hydroxyl groups excluding tert-OH is 1. The molecule has 1 saturated heterocycles. The summed E-state index contributed by atoms with van der Waals surface area (Å²) < 4.78 is 0. The fraction of sp³-hybridized carbons (Fsp3) is 0.538. The zero-order valence-electron chi connectivity index (χ0n) is 11.6. The lowest BCUT2D eigenvalue weighted by molar-refractivity contribution is 0.0833. The van der Waals surface area contributed by atoms with Crippen LogP contribution in [0.3, 0.4) is 0 Å². The Labute approximate surface area is 122 Å². The number of anilines is 2. The van der Waals surface area contributed by atoms with Crippen LogP contribution in [0.2, 0.25) is 0 Å². The SMILES string of the molecule is CN(C)C(=O)c1sc(N2CCC(O)CC2)c(C#N)c1N. The molecule has 1 amide bonds. The first kappa shape index (κ1) is 14.6. The zero-order valence-corrected chi connectivity index (χ0v) is 12.4. The summed E-state index contributed by atoms with van der Waals surface area (Å²) in [7, 11) is 3.31. The molecule has 0 atom stereocenters. The van der Waals surface area contributed by atoms with Crippen LogP contribution < -0.4 is 10.6 Å². The van der Waals surface area contributed by atoms with Crippen molar-refractivity contribution >= 4 is 27.9 Å². The normalized spacial score (nSPS) is 16.0. The second-order valence-corrected chi connectivity index (χ2v) is 6.05. The van der Waals surface area contributed by atoms with E-state index >= 15 is 0 Å². The molecule has 1 aromatic heterocycles. The van der Waals surface area contributed by atoms with E-state index in [2.05, 4.69) is 6.07 Å². The van der Waals surface area contributed by atoms with E-state index in [0.717, 1.165) is 5.00 Å². The highest BCUT2D eigenvalue weighted by atomic mass is 32.1. The van der Waals surface area contributed by atoms with Crippen molar-refractivity contribution in [1.82, 2.24) is 4.90 Å². The van der Waals surface area contributed by atoms with Crippen molar-refractivity contribution in [2.75, 3.05) is 37.8 Å². The molecule has 1 fully saturated rings. The van der Waals surface area contributed by atoms with Crippen LogP contribution in [0.1, 0.15) is 28.1 Å². The lowest BCUT2D eigenvalue weighted by atomic mass is 10.1. The molecule has 0 aromatic carbocycles. The van der Waals surface area contributed by atoms with E-state index in [9.17, 15) is 15.2 Å². The van der Waals surface area contributed by atoms with E-state index in [4.69, 9.17) is 5.73 Å². The van der Waals surface area contributed by atoms with Crippen LogP contribution in [0.4, 0.5) is 10.7 Å². The maximum Gasteiger partial charge on any atom is 0.265 e. The van der Waals surface area contributed by atoms with Gasteiger partial charge in [-0.15, -0.1) is 11.3 Å². The highest BCUT2D eigenvalue weighted by Gasteiger charge is 2.27. The van der Waals surface area contributed by atoms with Crippen molar-refractivity contribution in [3.63, 3.8) is 0 Å². The van der Waals surface area contributed by atoms with Gasteiger partial charge < -0.3 is 20.6 Å². The minimum absolute atomic E-state index is 0.188. The van der Waals surface area contributed by atoms with Gasteiger partial charge in [-0.25, -0.2) is 0 Å². The second-order valence-electron chi connectivity index (χ2n) is 5.05. The number of nitrogen functional groups attached to an aromatic ring is 1. The van der Waals surface area contributed by atoms with Crippen molar-refractivity contribution in [1.29, 1.82) is 5.26 Å². The number of carbonyl (C=O) groups is 1. The first-order valence-corrected chi connectivity index (χ1v) is 7.24. The Morgan fingerprint density at radius 2 is 2.10 bits per heavy atom. The van der Waals surface area contributed by atoms with E-state index in [1.807, 2.05) is 4.90 Å². The number of aliphatic hydroxyl groups is 1. The average Bonchev–Trinajstić information content (AvgIpc) is 2.75. The van der Waals surface area contributed by atoms with Crippen molar-refractivity contribution in [3.8, 4) is 6.07 Å². The molecular weight excluding hydrogens is 276 g/mol. The van der Waals surface area contributed by atoms with Crippen LogP contribution in [0.5, 0.6) is 0 Å². The van der Waals surface area contributed by atoms with E-state index in [-0.39, 0.29) is 17.7 Å². The number of nitriles is 1. The minimum atomic E-state index is -0.281. The predicted molar refractivity (Wildman–Crippen MR) is 78.9 cm³/mol. The van der Waals surface area contributed by atoms with Gasteiger partial charge in [0.1, 0.15) is 21.5 Å². The summed E-state index contributed by atoms with van der Waals surface area (Å²) in [6.45, 7) is 1.34. The van der Waals surface area contributed by atoms with E-state index < -0.39 is 0 Å². The molecule has 0 aliphatic carbocycles. The second kappa shape index (κ2) is 5.69. The van der Waals surface area contributed by atoms with Crippen molar-refractivity contribution < 1.29 is 9.90 Å². The Morgan fingerprint density at radius 1 is 1.50 bits per heavy atom. The zero-order chi connectivity index (χ0) is 14.9. The van der Waals surface area contributed by atoms with Gasteiger partial charge in [0.2, 0.25) is 0 Å². The van der Waals surface area contributed by atoms with Crippen LogP contribution in [0.25, 0.3) is 0 Å². The Hall–Kier alpha value is -1.78. The number of carbonyl (C=O) groups excluding carboxylic acids is 1. The van der Waals surface area contributed by atoms with Gasteiger partial charge >= 0.3 is 0 Å². The van der Waals surface area contributed by atoms with Gasteiger partial charge in [-0.05, 0) is 12.8 Å². The van der Waals surface area contributed by atoms with Crippen LogP contribution in [-0.2, 0) is 0 Å². The average molecular weight is 294 g/mol. The van der Waals surface area contributed by atoms with Gasteiger partial charge in [-0.2, -0.15) is 5.26 Å². The third-order valence-corrected chi connectivity index (χ3v) is 4.64. The minimum Gasteiger partial charge on any atom is -0.396 e. The van der Waals surface area contributed by atoms with E-state index in [1.165, 1.54) is 16.2 Å². The monoisotopic (exact) mass is 294 g/mol. The third kappa shape index (κ3) is 2.57. The van der Waals surface area contributed by atoms with Crippen molar-refractivity contribution in [2.45, 2.75) is 18.9 Å². The van der Waals surface area contributed by atoms with Gasteiger partial charge in [-0.1, -0.05) is 0 Å². The summed E-state index contributed by atoms with van der Waals surface area (Å²) in [5.41, 5.74) is 6.58. The summed E-state index contributed by atoms with van der Waals surface area (Å²) in [5.74, 6) is -0.188. The smallest absolute Gasteiger partial charge is 0.265 e. The first-order chi connectivity index (χ1) is 9.45. The molecule has 0 bridgehead atoms. The molecule has 0 spiro atoms. The fourth-order valence-corrected chi connectivity index (χ4v) is 3.44. The Balaban J connectivity index is 2.37. The number of nitrogens with two attached hydrogens (primary N) is 1. The molecule has 1 aromatic rings. The molecule has 1 aliphatic rings. The highest BCUT2D eigenvalue weighted by Crippen LogP contribution is 2.39. The number of amides is 1. The standard InChI is InChI=1S/C13H18N4O2S/c1-16(2)12(19)11-10(15)9(7-14)13(20-11)17-5-3-8(18)4-6-17/h8,18H,3-6,15H2,1-2H3. The van der Waals surface area contributed by atoms with Crippen LogP contribution in [0.15, 0.2) is 0 Å². The van der Waals surface area contributed by atoms with Crippen molar-refractivity contribution in [2.24, 2.45) is 0 Å². The quantitative estimate of drug-likeness (QED) is 0.844. The molecule has 108 valence electrons. The lowest BCUT2D eigenvalue weighted by Gasteiger charge is -2.30. The molecule has 0 unspecified atom stereocenters. The number of rotatable bonds is 2. The predicted octanol–water partition coefficient (Wildman–Crippen LogP) is 0.865. The molecule has 2 rings (SSSR count). The van der Waals surface area contributed by atoms with Crippen molar-refractivity contribution in [3.05, 3.63) is 10.4 Å². The molecule has 6 nitrogen and oxygen atoms in total. The largest absolute Gasteiger partial charge is 0.396 e. The van der Waals surface area contributed by atoms with Crippen LogP contribution in [0, 0.1) is 11.3 Å². The summed E-state index contributed by atoms with van der Waals surface area (Å²) in [4.78, 5) is 16.0. The maximum atomic E-state index is 12.1. The number of nitrogens with zero attached hydrogens (tertiary/aromatic N) is 3. The van der Waals surface area contributed by atoms with Crippen LogP contribution in [-0.4, -0.2) is 49.2 Å². The van der Waals surface area contributed by atoms with Gasteiger partial charge in [-0.3, -0.25) is 4.79 Å². The van der Waals surface area contributed by atoms with Gasteiger partial charge in [0.25, 0.3) is 5.91 Å². The molecule has 7 heteroatoms. The number of thiophene rings is 1. The number of piperidine rings is 1. The third-order valence-electron chi connectivity index (χ3n) is 3.39. The molecule has 2 heterocycles. The highest BCUT2D eigenvalue weighted by molar-refractivity contribution is 7.19. The van der Waals surface area contributed by atoms with E-state index in [1.54, 1.807) is 14.1 Å². The Morgan fingerprint density at radius 3 is 2.60 bits per heavy atom. The lowest BCUT2D eigenvalue weighted by Crippen LogP contribution is -2.35. The number of hydrogen-bond acceptors (Lipinski definition) is 6. The van der Waals surface area contributed by atoms with Gasteiger partial charge in [0.15, 0.2) is 0 Å². The first-order valence-electron chi connectivity index (χ1n) is 6.42. The number of hydrogen-bond donors (Lipinski definition) is 2. The molecule has 3 N–H and O–H groups in total. The fourth-order valence-electron chi connectivity index (χ4n) is 2.19. The van der Waals surface area contributed by atoms with Gasteiger partial charge in [0, 0.05) is 27.2 Å². The summed E-state index contributed by atoms with van der Waals surface area (Å²) in [6.07, 6.45) is 1.05. The molecule has 0 radical (unpaired) electrons. The maximum absolute atomic E-state index is 12.1. The van der Waals surface area contributed by atoms with E-state index in [0.29, 0.717) is 36.4 Å². The molecule has 1 aliphatic heterocycles. The van der Waals surface area contributed by atoms with Crippen LogP contribution >= 0.6 is 11.3 Å². The topological polar surface area (TPSA) is 93.6 Å². The molecule has 20 heavy (non-hydrogen) atoms. The molecular formula is C13H18N4O2S. The molecule has 0 saturated carbocycles. The Kier molecular flexibility index (Phi) is 4.16. The van der Waals surface area contributed by atoms with Gasteiger partial charge in [0.05, 0.1) is 11.8 Å². The summed E-state index contributed by atoms with van der Waals surface area (Å²) in [5, 5.41) is 19.6.